The van der Waals surface area contributed by atoms with Crippen LogP contribution in [0, 0.1) is 0 Å². The van der Waals surface area contributed by atoms with Gasteiger partial charge in [-0.3, -0.25) is 0 Å². The fourth-order valence-electron chi connectivity index (χ4n) is 0.880. The van der Waals surface area contributed by atoms with Crippen LogP contribution in [0.5, 0.6) is 0 Å². The highest BCUT2D eigenvalue weighted by atomic mass is 32.2. The van der Waals surface area contributed by atoms with Crippen LogP contribution < -0.4 is 5.73 Å². The minimum Gasteiger partial charge on any atom is -0.384 e. The predicted octanol–water partition coefficient (Wildman–Crippen LogP) is 0.184. The van der Waals surface area contributed by atoms with Crippen LogP contribution in [0.15, 0.2) is 11.4 Å². The van der Waals surface area contributed by atoms with E-state index in [2.05, 4.69) is 4.98 Å². The lowest BCUT2D eigenvalue weighted by molar-refractivity contribution is 0.571. The van der Waals surface area contributed by atoms with Crippen molar-refractivity contribution < 1.29 is 8.42 Å². The molecule has 0 radical (unpaired) electrons. The van der Waals surface area contributed by atoms with Crippen molar-refractivity contribution in [3.05, 3.63) is 6.20 Å². The van der Waals surface area contributed by atoms with Crippen molar-refractivity contribution in [3.63, 3.8) is 0 Å². The zero-order valence-corrected chi connectivity index (χ0v) is 8.67. The monoisotopic (exact) mass is 203 g/mol. The Hall–Kier alpha value is -1.04. The van der Waals surface area contributed by atoms with Crippen molar-refractivity contribution in [1.82, 2.24) is 9.55 Å². The summed E-state index contributed by atoms with van der Waals surface area (Å²) in [6.45, 7) is 3.22. The lowest BCUT2D eigenvalue weighted by atomic mass is 10.6. The largest absolute Gasteiger partial charge is 0.384 e. The molecule has 0 fully saturated rings. The normalized spacial score (nSPS) is 12.3. The molecule has 1 aromatic heterocycles. The third-order valence-electron chi connectivity index (χ3n) is 1.86. The van der Waals surface area contributed by atoms with E-state index in [1.54, 1.807) is 20.9 Å². The second-order valence-electron chi connectivity index (χ2n) is 3.12. The number of nitrogens with two attached hydrogens (primary N) is 1. The van der Waals surface area contributed by atoms with E-state index in [9.17, 15) is 8.42 Å². The second-order valence-corrected chi connectivity index (χ2v) is 5.52. The Bertz CT molecular complexity index is 405. The molecule has 74 valence electrons. The summed E-state index contributed by atoms with van der Waals surface area (Å²) < 4.78 is 24.6. The molecule has 0 amide bonds. The van der Waals surface area contributed by atoms with Gasteiger partial charge in [-0.1, -0.05) is 0 Å². The van der Waals surface area contributed by atoms with Gasteiger partial charge < -0.3 is 10.3 Å². The van der Waals surface area contributed by atoms with Gasteiger partial charge in [0.25, 0.3) is 0 Å². The van der Waals surface area contributed by atoms with Gasteiger partial charge in [0, 0.05) is 7.05 Å². The average molecular weight is 203 g/mol. The zero-order chi connectivity index (χ0) is 10.2. The number of nitrogens with zero attached hydrogens (tertiary/aromatic N) is 2. The quantitative estimate of drug-likeness (QED) is 0.744. The third-order valence-corrected chi connectivity index (χ3v) is 3.99. The van der Waals surface area contributed by atoms with E-state index >= 15 is 0 Å². The van der Waals surface area contributed by atoms with Crippen LogP contribution >= 0.6 is 0 Å². The Kier molecular flexibility index (Phi) is 2.34. The topological polar surface area (TPSA) is 78.0 Å². The molecule has 1 rings (SSSR count). The van der Waals surface area contributed by atoms with Crippen molar-refractivity contribution in [1.29, 1.82) is 0 Å². The Morgan fingerprint density at radius 3 is 2.38 bits per heavy atom. The molecule has 0 saturated carbocycles. The van der Waals surface area contributed by atoms with Gasteiger partial charge in [-0.2, -0.15) is 0 Å². The van der Waals surface area contributed by atoms with Crippen LogP contribution in [0.3, 0.4) is 0 Å². The van der Waals surface area contributed by atoms with Gasteiger partial charge in [-0.15, -0.1) is 0 Å². The summed E-state index contributed by atoms with van der Waals surface area (Å²) in [7, 11) is -1.73. The van der Waals surface area contributed by atoms with Crippen LogP contribution in [0.2, 0.25) is 0 Å². The molecule has 1 heterocycles. The molecule has 0 unspecified atom stereocenters. The number of hydrogen-bond donors (Lipinski definition) is 1. The Morgan fingerprint density at radius 2 is 2.08 bits per heavy atom. The summed E-state index contributed by atoms with van der Waals surface area (Å²) >= 11 is 0. The van der Waals surface area contributed by atoms with Crippen molar-refractivity contribution in [2.75, 3.05) is 5.73 Å². The first-order valence-electron chi connectivity index (χ1n) is 3.88. The maximum atomic E-state index is 11.6. The molecule has 0 aliphatic rings. The summed E-state index contributed by atoms with van der Waals surface area (Å²) in [5.74, 6) is 0.347. The number of anilines is 1. The number of nitrogen functional groups attached to an aromatic ring is 1. The van der Waals surface area contributed by atoms with E-state index in [0.29, 0.717) is 5.82 Å². The number of rotatable bonds is 2. The molecular weight excluding hydrogens is 190 g/mol. The molecular formula is C7H13N3O2S. The van der Waals surface area contributed by atoms with Crippen molar-refractivity contribution >= 4 is 15.7 Å². The minimum absolute atomic E-state index is 0.0278. The van der Waals surface area contributed by atoms with Gasteiger partial charge in [0.15, 0.2) is 0 Å². The van der Waals surface area contributed by atoms with Crippen molar-refractivity contribution in [2.24, 2.45) is 7.05 Å². The first-order valence-corrected chi connectivity index (χ1v) is 5.43. The lowest BCUT2D eigenvalue weighted by Gasteiger charge is -2.07. The third kappa shape index (κ3) is 1.53. The fraction of sp³-hybridized carbons (Fsp3) is 0.571. The molecule has 0 spiro atoms. The van der Waals surface area contributed by atoms with E-state index in [-0.39, 0.29) is 5.16 Å². The zero-order valence-electron chi connectivity index (χ0n) is 7.85. The van der Waals surface area contributed by atoms with E-state index in [0.717, 1.165) is 0 Å². The SMILES string of the molecule is CC(C)S(=O)(=O)c1ncc(N)n1C. The molecule has 5 nitrogen and oxygen atoms in total. The van der Waals surface area contributed by atoms with E-state index < -0.39 is 15.1 Å². The summed E-state index contributed by atoms with van der Waals surface area (Å²) in [6, 6.07) is 0. The highest BCUT2D eigenvalue weighted by Gasteiger charge is 2.24. The summed E-state index contributed by atoms with van der Waals surface area (Å²) in [5.41, 5.74) is 5.47. The molecule has 0 bridgehead atoms. The number of sulfone groups is 1. The molecule has 0 aromatic carbocycles. The Morgan fingerprint density at radius 1 is 1.54 bits per heavy atom. The Balaban J connectivity index is 3.32. The summed E-state index contributed by atoms with van der Waals surface area (Å²) in [5, 5.41) is -0.451. The molecule has 1 aromatic rings. The molecule has 0 saturated heterocycles. The average Bonchev–Trinajstić information content (AvgIpc) is 2.33. The number of hydrogen-bond acceptors (Lipinski definition) is 4. The molecule has 13 heavy (non-hydrogen) atoms. The van der Waals surface area contributed by atoms with Crippen molar-refractivity contribution in [2.45, 2.75) is 24.3 Å². The van der Waals surface area contributed by atoms with Gasteiger partial charge >= 0.3 is 0 Å². The highest BCUT2D eigenvalue weighted by molar-refractivity contribution is 7.91. The van der Waals surface area contributed by atoms with Crippen LogP contribution in [0.25, 0.3) is 0 Å². The van der Waals surface area contributed by atoms with E-state index in [1.165, 1.54) is 10.8 Å². The van der Waals surface area contributed by atoms with Crippen LogP contribution in [0.4, 0.5) is 5.82 Å². The van der Waals surface area contributed by atoms with Gasteiger partial charge in [-0.25, -0.2) is 13.4 Å². The van der Waals surface area contributed by atoms with E-state index in [4.69, 9.17) is 5.73 Å². The molecule has 0 aliphatic carbocycles. The maximum Gasteiger partial charge on any atom is 0.229 e. The Labute approximate surface area is 77.5 Å². The smallest absolute Gasteiger partial charge is 0.229 e. The molecule has 0 atom stereocenters. The van der Waals surface area contributed by atoms with Crippen LogP contribution in [0.1, 0.15) is 13.8 Å². The lowest BCUT2D eigenvalue weighted by Crippen LogP contribution is -2.18. The number of imidazole rings is 1. The van der Waals surface area contributed by atoms with Gasteiger partial charge in [0.2, 0.25) is 15.0 Å². The van der Waals surface area contributed by atoms with Gasteiger partial charge in [0.05, 0.1) is 11.4 Å². The fourth-order valence-corrected chi connectivity index (χ4v) is 1.99. The van der Waals surface area contributed by atoms with Gasteiger partial charge in [0.1, 0.15) is 5.82 Å². The minimum atomic E-state index is -3.31. The maximum absolute atomic E-state index is 11.6. The standard InChI is InChI=1S/C7H13N3O2S/c1-5(2)13(11,12)7-9-4-6(8)10(7)3/h4-5H,8H2,1-3H3. The van der Waals surface area contributed by atoms with Crippen LogP contribution in [-0.4, -0.2) is 23.2 Å². The first-order chi connectivity index (χ1) is 5.87. The van der Waals surface area contributed by atoms with Crippen molar-refractivity contribution in [3.8, 4) is 0 Å². The molecule has 2 N–H and O–H groups in total. The van der Waals surface area contributed by atoms with Crippen LogP contribution in [-0.2, 0) is 16.9 Å². The second kappa shape index (κ2) is 3.02. The first kappa shape index (κ1) is 10.0. The summed E-state index contributed by atoms with van der Waals surface area (Å²) in [6.07, 6.45) is 1.34. The highest BCUT2D eigenvalue weighted by Crippen LogP contribution is 2.15. The molecule has 6 heteroatoms. The summed E-state index contributed by atoms with van der Waals surface area (Å²) in [4.78, 5) is 3.76. The molecule has 0 aliphatic heterocycles. The number of aromatic nitrogens is 2. The van der Waals surface area contributed by atoms with E-state index in [1.807, 2.05) is 0 Å². The predicted molar refractivity (Wildman–Crippen MR) is 49.9 cm³/mol. The van der Waals surface area contributed by atoms with Gasteiger partial charge in [-0.05, 0) is 13.8 Å².